The van der Waals surface area contributed by atoms with Crippen molar-refractivity contribution in [1.82, 2.24) is 10.4 Å². The topological polar surface area (TPSA) is 25.0 Å². The van der Waals surface area contributed by atoms with Crippen molar-refractivity contribution in [1.29, 1.82) is 0 Å². The molecule has 2 atom stereocenters. The SMILES string of the molecule is CC1CCC(N2NC2(c2ccccc2)C(F)(F)F)CC1. The van der Waals surface area contributed by atoms with E-state index in [1.54, 1.807) is 30.3 Å². The zero-order valence-electron chi connectivity index (χ0n) is 11.5. The minimum absolute atomic E-state index is 0.0203. The third-order valence-electron chi connectivity index (χ3n) is 4.55. The lowest BCUT2D eigenvalue weighted by Crippen LogP contribution is -2.39. The number of rotatable bonds is 2. The highest BCUT2D eigenvalue weighted by atomic mass is 19.4. The van der Waals surface area contributed by atoms with E-state index in [2.05, 4.69) is 12.3 Å². The van der Waals surface area contributed by atoms with Crippen molar-refractivity contribution in [3.63, 3.8) is 0 Å². The van der Waals surface area contributed by atoms with Crippen molar-refractivity contribution in [3.05, 3.63) is 35.9 Å². The highest BCUT2D eigenvalue weighted by molar-refractivity contribution is 5.31. The monoisotopic (exact) mass is 284 g/mol. The smallest absolute Gasteiger partial charge is 0.219 e. The molecule has 0 aromatic heterocycles. The van der Waals surface area contributed by atoms with Gasteiger partial charge in [0.2, 0.25) is 5.66 Å². The van der Waals surface area contributed by atoms with E-state index in [1.807, 2.05) is 0 Å². The second-order valence-electron chi connectivity index (χ2n) is 5.97. The van der Waals surface area contributed by atoms with Crippen molar-refractivity contribution in [2.24, 2.45) is 5.92 Å². The Labute approximate surface area is 116 Å². The summed E-state index contributed by atoms with van der Waals surface area (Å²) >= 11 is 0. The molecule has 0 radical (unpaired) electrons. The van der Waals surface area contributed by atoms with E-state index < -0.39 is 11.8 Å². The molecule has 2 fully saturated rings. The van der Waals surface area contributed by atoms with Gasteiger partial charge in [-0.2, -0.15) is 13.2 Å². The van der Waals surface area contributed by atoms with Gasteiger partial charge in [0.05, 0.1) is 0 Å². The Morgan fingerprint density at radius 1 is 1.10 bits per heavy atom. The first-order valence-corrected chi connectivity index (χ1v) is 7.14. The van der Waals surface area contributed by atoms with Crippen LogP contribution in [0.4, 0.5) is 13.2 Å². The summed E-state index contributed by atoms with van der Waals surface area (Å²) in [5, 5.41) is 1.42. The molecule has 0 spiro atoms. The molecule has 1 heterocycles. The van der Waals surface area contributed by atoms with Gasteiger partial charge in [-0.1, -0.05) is 37.3 Å². The first-order valence-electron chi connectivity index (χ1n) is 7.14. The Balaban J connectivity index is 1.85. The molecule has 0 amide bonds. The fraction of sp³-hybridized carbons (Fsp3) is 0.600. The van der Waals surface area contributed by atoms with Crippen LogP contribution in [0, 0.1) is 5.92 Å². The lowest BCUT2D eigenvalue weighted by Gasteiger charge is -2.29. The number of alkyl halides is 3. The molecule has 20 heavy (non-hydrogen) atoms. The molecule has 2 aliphatic rings. The molecule has 1 aliphatic carbocycles. The summed E-state index contributed by atoms with van der Waals surface area (Å²) in [4.78, 5) is 0. The molecule has 3 rings (SSSR count). The molecule has 1 aromatic carbocycles. The van der Waals surface area contributed by atoms with Crippen molar-refractivity contribution in [3.8, 4) is 0 Å². The van der Waals surface area contributed by atoms with E-state index in [-0.39, 0.29) is 11.6 Å². The van der Waals surface area contributed by atoms with Gasteiger partial charge in [-0.25, -0.2) is 10.4 Å². The van der Waals surface area contributed by atoms with Gasteiger partial charge in [-0.3, -0.25) is 0 Å². The maximum absolute atomic E-state index is 13.6. The highest BCUT2D eigenvalue weighted by Gasteiger charge is 2.72. The minimum atomic E-state index is -4.31. The Morgan fingerprint density at radius 2 is 1.70 bits per heavy atom. The summed E-state index contributed by atoms with van der Waals surface area (Å²) < 4.78 is 40.7. The molecule has 1 saturated heterocycles. The summed E-state index contributed by atoms with van der Waals surface area (Å²) in [6.45, 7) is 2.17. The molecule has 1 N–H and O–H groups in total. The van der Waals surface area contributed by atoms with Crippen molar-refractivity contribution in [2.45, 2.75) is 50.5 Å². The first kappa shape index (κ1) is 13.9. The van der Waals surface area contributed by atoms with E-state index in [9.17, 15) is 13.2 Å². The van der Waals surface area contributed by atoms with Crippen LogP contribution in [-0.2, 0) is 5.66 Å². The number of hydrogen-bond acceptors (Lipinski definition) is 2. The largest absolute Gasteiger partial charge is 0.426 e. The standard InChI is InChI=1S/C15H19F3N2/c1-11-7-9-13(10-8-11)20-14(19-20,15(16,17)18)12-5-3-2-4-6-12/h2-6,11,13,19H,7-10H2,1H3. The number of benzene rings is 1. The molecule has 2 nitrogen and oxygen atoms in total. The first-order chi connectivity index (χ1) is 9.45. The summed E-state index contributed by atoms with van der Waals surface area (Å²) in [5.74, 6) is 0.628. The van der Waals surface area contributed by atoms with E-state index in [1.165, 1.54) is 5.01 Å². The maximum atomic E-state index is 13.6. The van der Waals surface area contributed by atoms with Crippen LogP contribution in [0.3, 0.4) is 0 Å². The Hall–Kier alpha value is -1.07. The highest BCUT2D eigenvalue weighted by Crippen LogP contribution is 2.52. The van der Waals surface area contributed by atoms with Gasteiger partial charge in [-0.15, -0.1) is 0 Å². The number of halogens is 3. The summed E-state index contributed by atoms with van der Waals surface area (Å²) in [7, 11) is 0. The van der Waals surface area contributed by atoms with Gasteiger partial charge in [0, 0.05) is 6.04 Å². The van der Waals surface area contributed by atoms with Gasteiger partial charge < -0.3 is 0 Å². The second kappa shape index (κ2) is 4.74. The van der Waals surface area contributed by atoms with Crippen molar-refractivity contribution < 1.29 is 13.2 Å². The van der Waals surface area contributed by atoms with E-state index >= 15 is 0 Å². The molecule has 110 valence electrons. The fourth-order valence-corrected chi connectivity index (χ4v) is 3.26. The van der Waals surface area contributed by atoms with E-state index in [4.69, 9.17) is 0 Å². The van der Waals surface area contributed by atoms with Crippen LogP contribution in [0.5, 0.6) is 0 Å². The number of hydrogen-bond donors (Lipinski definition) is 1. The molecule has 1 aliphatic heterocycles. The van der Waals surface area contributed by atoms with Gasteiger partial charge in [-0.05, 0) is 37.2 Å². The summed E-state index contributed by atoms with van der Waals surface area (Å²) in [5.41, 5.74) is 0.942. The fourth-order valence-electron chi connectivity index (χ4n) is 3.26. The van der Waals surface area contributed by atoms with Gasteiger partial charge in [0.25, 0.3) is 0 Å². The third-order valence-corrected chi connectivity index (χ3v) is 4.55. The lowest BCUT2D eigenvalue weighted by atomic mass is 9.86. The predicted molar refractivity (Wildman–Crippen MR) is 70.6 cm³/mol. The van der Waals surface area contributed by atoms with Crippen molar-refractivity contribution in [2.75, 3.05) is 0 Å². The van der Waals surface area contributed by atoms with Crippen LogP contribution in [0.2, 0.25) is 0 Å². The summed E-state index contributed by atoms with van der Waals surface area (Å²) in [6.07, 6.45) is -0.633. The van der Waals surface area contributed by atoms with Crippen LogP contribution in [0.15, 0.2) is 30.3 Å². The number of nitrogens with zero attached hydrogens (tertiary/aromatic N) is 1. The van der Waals surface area contributed by atoms with Crippen LogP contribution in [-0.4, -0.2) is 17.2 Å². The lowest BCUT2D eigenvalue weighted by molar-refractivity contribution is -0.178. The van der Waals surface area contributed by atoms with Gasteiger partial charge in [0.1, 0.15) is 0 Å². The average Bonchev–Trinajstić information content (AvgIpc) is 3.17. The van der Waals surface area contributed by atoms with E-state index in [0.717, 1.165) is 25.7 Å². The minimum Gasteiger partial charge on any atom is -0.219 e. The second-order valence-corrected chi connectivity index (χ2v) is 5.97. The third kappa shape index (κ3) is 2.13. The Morgan fingerprint density at radius 3 is 2.25 bits per heavy atom. The van der Waals surface area contributed by atoms with Crippen LogP contribution in [0.1, 0.15) is 38.2 Å². The van der Waals surface area contributed by atoms with Crippen LogP contribution >= 0.6 is 0 Å². The number of hydrazine groups is 1. The zero-order chi connectivity index (χ0) is 14.4. The Kier molecular flexibility index (Phi) is 3.29. The molecular weight excluding hydrogens is 265 g/mol. The van der Waals surface area contributed by atoms with Crippen LogP contribution < -0.4 is 5.43 Å². The average molecular weight is 284 g/mol. The molecule has 1 saturated carbocycles. The molecule has 2 unspecified atom stereocenters. The van der Waals surface area contributed by atoms with Gasteiger partial charge in [0.15, 0.2) is 0 Å². The quantitative estimate of drug-likeness (QED) is 0.836. The molecule has 0 bridgehead atoms. The predicted octanol–water partition coefficient (Wildman–Crippen LogP) is 3.80. The molecular formula is C15H19F3N2. The molecule has 5 heteroatoms. The molecule has 1 aromatic rings. The maximum Gasteiger partial charge on any atom is 0.426 e. The Bertz CT molecular complexity index is 466. The van der Waals surface area contributed by atoms with E-state index in [0.29, 0.717) is 5.92 Å². The van der Waals surface area contributed by atoms with Gasteiger partial charge >= 0.3 is 6.18 Å². The summed E-state index contributed by atoms with van der Waals surface area (Å²) in [6, 6.07) is 8.13. The normalized spacial score (nSPS) is 37.7. The van der Waals surface area contributed by atoms with Crippen LogP contribution in [0.25, 0.3) is 0 Å². The number of nitrogens with one attached hydrogen (secondary N) is 1. The van der Waals surface area contributed by atoms with Crippen molar-refractivity contribution >= 4 is 0 Å². The zero-order valence-corrected chi connectivity index (χ0v) is 11.5.